The summed E-state index contributed by atoms with van der Waals surface area (Å²) in [6, 6.07) is 8.59. The third kappa shape index (κ3) is 6.55. The number of carbonyl (C=O) groups is 1. The van der Waals surface area contributed by atoms with Crippen molar-refractivity contribution >= 4 is 17.7 Å². The van der Waals surface area contributed by atoms with E-state index in [9.17, 15) is 4.79 Å². The number of methoxy groups -OCH3 is 1. The van der Waals surface area contributed by atoms with E-state index in [1.54, 1.807) is 18.9 Å². The van der Waals surface area contributed by atoms with Crippen molar-refractivity contribution in [1.82, 2.24) is 10.2 Å². The van der Waals surface area contributed by atoms with Crippen LogP contribution in [0, 0.1) is 0 Å². The summed E-state index contributed by atoms with van der Waals surface area (Å²) in [6.45, 7) is 7.32. The number of amides is 1. The average Bonchev–Trinajstić information content (AvgIpc) is 2.65. The van der Waals surface area contributed by atoms with Gasteiger partial charge in [0.2, 0.25) is 5.91 Å². The number of nitrogens with zero attached hydrogens (tertiary/aromatic N) is 1. The van der Waals surface area contributed by atoms with Gasteiger partial charge in [0, 0.05) is 24.0 Å². The summed E-state index contributed by atoms with van der Waals surface area (Å²) in [5, 5.41) is 3.00. The van der Waals surface area contributed by atoms with Crippen LogP contribution < -0.4 is 10.1 Å². The number of benzene rings is 1. The van der Waals surface area contributed by atoms with Gasteiger partial charge in [0.25, 0.3) is 0 Å². The summed E-state index contributed by atoms with van der Waals surface area (Å²) in [4.78, 5) is 16.0. The van der Waals surface area contributed by atoms with Crippen LogP contribution in [-0.2, 0) is 4.79 Å². The molecule has 0 bridgehead atoms. The van der Waals surface area contributed by atoms with Crippen LogP contribution in [-0.4, -0.2) is 48.8 Å². The van der Waals surface area contributed by atoms with Gasteiger partial charge in [-0.05, 0) is 63.4 Å². The first-order chi connectivity index (χ1) is 12.1. The van der Waals surface area contributed by atoms with Crippen LogP contribution in [0.25, 0.3) is 0 Å². The second-order valence-electron chi connectivity index (χ2n) is 6.67. The van der Waals surface area contributed by atoms with Gasteiger partial charge in [-0.2, -0.15) is 0 Å². The van der Waals surface area contributed by atoms with Crippen LogP contribution in [0.1, 0.15) is 46.0 Å². The molecule has 1 aromatic rings. The zero-order valence-corrected chi connectivity index (χ0v) is 16.6. The maximum Gasteiger partial charge on any atom is 0.233 e. The van der Waals surface area contributed by atoms with E-state index in [0.717, 1.165) is 36.2 Å². The smallest absolute Gasteiger partial charge is 0.233 e. The van der Waals surface area contributed by atoms with Gasteiger partial charge in [-0.25, -0.2) is 0 Å². The lowest BCUT2D eigenvalue weighted by Crippen LogP contribution is -2.41. The molecule has 0 saturated carbocycles. The second-order valence-corrected chi connectivity index (χ2v) is 8.09. The Bertz CT molecular complexity index is 521. The molecule has 0 unspecified atom stereocenters. The van der Waals surface area contributed by atoms with Crippen molar-refractivity contribution in [1.29, 1.82) is 0 Å². The Kier molecular flexibility index (Phi) is 8.62. The highest BCUT2D eigenvalue weighted by Gasteiger charge is 2.20. The third-order valence-corrected chi connectivity index (χ3v) is 6.00. The minimum absolute atomic E-state index is 0.0910. The van der Waals surface area contributed by atoms with Crippen molar-refractivity contribution in [3.63, 3.8) is 0 Å². The minimum atomic E-state index is -0.0910. The molecule has 2 atom stereocenters. The van der Waals surface area contributed by atoms with Gasteiger partial charge in [0.1, 0.15) is 5.75 Å². The molecular formula is C20H32N2O2S. The van der Waals surface area contributed by atoms with Gasteiger partial charge in [-0.3, -0.25) is 4.79 Å². The molecule has 4 nitrogen and oxygen atoms in total. The number of nitrogens with one attached hydrogen (secondary N) is 1. The first-order valence-corrected chi connectivity index (χ1v) is 10.3. The van der Waals surface area contributed by atoms with E-state index in [1.165, 1.54) is 32.2 Å². The zero-order valence-electron chi connectivity index (χ0n) is 15.8. The molecule has 1 saturated heterocycles. The van der Waals surface area contributed by atoms with Crippen molar-refractivity contribution in [3.8, 4) is 5.75 Å². The van der Waals surface area contributed by atoms with E-state index < -0.39 is 0 Å². The van der Waals surface area contributed by atoms with Crippen molar-refractivity contribution in [2.75, 3.05) is 26.7 Å². The molecule has 0 spiro atoms. The monoisotopic (exact) mass is 364 g/mol. The Labute approximate surface area is 156 Å². The predicted octanol–water partition coefficient (Wildman–Crippen LogP) is 3.95. The first kappa shape index (κ1) is 20.1. The van der Waals surface area contributed by atoms with Crippen molar-refractivity contribution in [2.24, 2.45) is 0 Å². The number of likely N-dealkylation sites (tertiary alicyclic amines) is 1. The maximum absolute atomic E-state index is 12.3. The number of piperidine rings is 1. The summed E-state index contributed by atoms with van der Waals surface area (Å²) in [7, 11) is 1.66. The predicted molar refractivity (Wildman–Crippen MR) is 105 cm³/mol. The number of carbonyl (C=O) groups excluding carboxylic acids is 1. The summed E-state index contributed by atoms with van der Waals surface area (Å²) in [5.74, 6) is 0.955. The second kappa shape index (κ2) is 10.7. The van der Waals surface area contributed by atoms with E-state index in [-0.39, 0.29) is 11.2 Å². The molecule has 1 heterocycles. The van der Waals surface area contributed by atoms with E-state index >= 15 is 0 Å². The van der Waals surface area contributed by atoms with Crippen LogP contribution in [0.5, 0.6) is 5.75 Å². The lowest BCUT2D eigenvalue weighted by atomic mass is 10.00. The fraction of sp³-hybridized carbons (Fsp3) is 0.650. The highest BCUT2D eigenvalue weighted by atomic mass is 32.2. The van der Waals surface area contributed by atoms with Crippen LogP contribution in [0.2, 0.25) is 0 Å². The van der Waals surface area contributed by atoms with Crippen molar-refractivity contribution in [2.45, 2.75) is 62.1 Å². The third-order valence-electron chi connectivity index (χ3n) is 4.88. The quantitative estimate of drug-likeness (QED) is 0.532. The maximum atomic E-state index is 12.3. The van der Waals surface area contributed by atoms with E-state index in [1.807, 2.05) is 31.2 Å². The van der Waals surface area contributed by atoms with Crippen molar-refractivity contribution < 1.29 is 9.53 Å². The molecule has 0 radical (unpaired) electrons. The lowest BCUT2D eigenvalue weighted by molar-refractivity contribution is -0.120. The number of rotatable bonds is 9. The molecule has 2 rings (SSSR count). The fourth-order valence-corrected chi connectivity index (χ4v) is 4.26. The molecule has 1 amide bonds. The van der Waals surface area contributed by atoms with Gasteiger partial charge in [0.15, 0.2) is 0 Å². The standard InChI is InChI=1S/C20H32N2O2S/c1-4-17-8-5-6-14-22(17)15-7-13-21-20(23)16(2)25-19-11-9-18(24-3)10-12-19/h9-12,16-17H,4-8,13-15H2,1-3H3,(H,21,23)/t16-,17-/m1/s1. The summed E-state index contributed by atoms with van der Waals surface area (Å²) in [6.07, 6.45) is 6.28. The molecule has 0 aliphatic carbocycles. The molecule has 140 valence electrons. The van der Waals surface area contributed by atoms with Crippen molar-refractivity contribution in [3.05, 3.63) is 24.3 Å². The number of hydrogen-bond donors (Lipinski definition) is 1. The van der Waals surface area contributed by atoms with Crippen LogP contribution in [0.4, 0.5) is 0 Å². The molecule has 0 aromatic heterocycles. The van der Waals surface area contributed by atoms with Gasteiger partial charge in [-0.1, -0.05) is 13.3 Å². The summed E-state index contributed by atoms with van der Waals surface area (Å²) >= 11 is 1.58. The Morgan fingerprint density at radius 2 is 2.12 bits per heavy atom. The number of hydrogen-bond acceptors (Lipinski definition) is 4. The first-order valence-electron chi connectivity index (χ1n) is 9.46. The zero-order chi connectivity index (χ0) is 18.1. The molecule has 1 aromatic carbocycles. The Morgan fingerprint density at radius 3 is 2.80 bits per heavy atom. The number of thioether (sulfide) groups is 1. The van der Waals surface area contributed by atoms with Crippen LogP contribution in [0.15, 0.2) is 29.2 Å². The molecule has 5 heteroatoms. The van der Waals surface area contributed by atoms with E-state index in [0.29, 0.717) is 0 Å². The normalized spacial score (nSPS) is 19.4. The molecule has 25 heavy (non-hydrogen) atoms. The van der Waals surface area contributed by atoms with Gasteiger partial charge in [-0.15, -0.1) is 11.8 Å². The molecular weight excluding hydrogens is 332 g/mol. The summed E-state index contributed by atoms with van der Waals surface area (Å²) < 4.78 is 5.16. The minimum Gasteiger partial charge on any atom is -0.497 e. The Hall–Kier alpha value is -1.20. The van der Waals surface area contributed by atoms with E-state index in [4.69, 9.17) is 4.74 Å². The highest BCUT2D eigenvalue weighted by molar-refractivity contribution is 8.00. The largest absolute Gasteiger partial charge is 0.497 e. The Balaban J connectivity index is 1.66. The van der Waals surface area contributed by atoms with E-state index in [2.05, 4.69) is 17.1 Å². The molecule has 1 fully saturated rings. The van der Waals surface area contributed by atoms with Gasteiger partial charge in [0.05, 0.1) is 12.4 Å². The lowest BCUT2D eigenvalue weighted by Gasteiger charge is -2.35. The Morgan fingerprint density at radius 1 is 1.36 bits per heavy atom. The summed E-state index contributed by atoms with van der Waals surface area (Å²) in [5.41, 5.74) is 0. The molecule has 1 aliphatic rings. The van der Waals surface area contributed by atoms with Gasteiger partial charge < -0.3 is 15.0 Å². The van der Waals surface area contributed by atoms with Gasteiger partial charge >= 0.3 is 0 Å². The topological polar surface area (TPSA) is 41.6 Å². The fourth-order valence-electron chi connectivity index (χ4n) is 3.37. The average molecular weight is 365 g/mol. The van der Waals surface area contributed by atoms with Crippen LogP contribution >= 0.6 is 11.8 Å². The highest BCUT2D eigenvalue weighted by Crippen LogP contribution is 2.25. The van der Waals surface area contributed by atoms with Crippen LogP contribution in [0.3, 0.4) is 0 Å². The SMILES string of the molecule is CC[C@@H]1CCCCN1CCCNC(=O)[C@@H](C)Sc1ccc(OC)cc1. The molecule has 1 N–H and O–H groups in total. The number of ether oxygens (including phenoxy) is 1. The molecule has 1 aliphatic heterocycles.